The monoisotopic (exact) mass is 227 g/mol. The minimum atomic E-state index is 0.881. The van der Waals surface area contributed by atoms with Crippen molar-refractivity contribution in [1.29, 1.82) is 0 Å². The van der Waals surface area contributed by atoms with Gasteiger partial charge in [0.25, 0.3) is 0 Å². The van der Waals surface area contributed by atoms with Crippen molar-refractivity contribution >= 4 is 5.69 Å². The molecule has 0 aromatic heterocycles. The minimum absolute atomic E-state index is 0.881. The Hall–Kier alpha value is -1.96. The lowest BCUT2D eigenvalue weighted by atomic mass is 10.2. The number of benzene rings is 1. The quantitative estimate of drug-likeness (QED) is 0.760. The largest absolute Gasteiger partial charge is 0.453 e. The van der Waals surface area contributed by atoms with Crippen LogP contribution in [-0.4, -0.2) is 7.05 Å². The van der Waals surface area contributed by atoms with Crippen LogP contribution in [0.15, 0.2) is 60.0 Å². The zero-order chi connectivity index (χ0) is 12.3. The summed E-state index contributed by atoms with van der Waals surface area (Å²) in [6, 6.07) is 8.06. The van der Waals surface area contributed by atoms with Crippen LogP contribution >= 0.6 is 0 Å². The summed E-state index contributed by atoms with van der Waals surface area (Å²) < 4.78 is 5.91. The molecular weight excluding hydrogens is 210 g/mol. The first-order valence-corrected chi connectivity index (χ1v) is 5.78. The van der Waals surface area contributed by atoms with E-state index in [4.69, 9.17) is 4.74 Å². The molecule has 0 saturated heterocycles. The number of allylic oxidation sites excluding steroid dienone is 4. The molecule has 2 nitrogen and oxygen atoms in total. The van der Waals surface area contributed by atoms with Crippen LogP contribution in [-0.2, 0) is 0 Å². The van der Waals surface area contributed by atoms with E-state index < -0.39 is 0 Å². The molecule has 0 aliphatic carbocycles. The maximum atomic E-state index is 5.91. The smallest absolute Gasteiger partial charge is 0.151 e. The van der Waals surface area contributed by atoms with Crippen molar-refractivity contribution in [1.82, 2.24) is 0 Å². The predicted molar refractivity (Wildman–Crippen MR) is 72.1 cm³/mol. The Morgan fingerprint density at radius 1 is 1.06 bits per heavy atom. The molecule has 1 aliphatic rings. The van der Waals surface area contributed by atoms with Crippen molar-refractivity contribution in [2.24, 2.45) is 0 Å². The molecule has 1 aliphatic heterocycles. The second kappa shape index (κ2) is 4.91. The molecule has 0 unspecified atom stereocenters. The van der Waals surface area contributed by atoms with Gasteiger partial charge in [-0.15, -0.1) is 0 Å². The van der Waals surface area contributed by atoms with E-state index in [0.29, 0.717) is 0 Å². The van der Waals surface area contributed by atoms with E-state index >= 15 is 0 Å². The van der Waals surface area contributed by atoms with Gasteiger partial charge in [0.05, 0.1) is 11.4 Å². The molecule has 0 radical (unpaired) electrons. The lowest BCUT2D eigenvalue weighted by Crippen LogP contribution is -2.23. The maximum Gasteiger partial charge on any atom is 0.151 e. The summed E-state index contributed by atoms with van der Waals surface area (Å²) in [5, 5.41) is 0. The Kier molecular flexibility index (Phi) is 3.33. The Labute approximate surface area is 103 Å². The highest BCUT2D eigenvalue weighted by Crippen LogP contribution is 2.36. The van der Waals surface area contributed by atoms with Crippen LogP contribution in [0.3, 0.4) is 0 Å². The highest BCUT2D eigenvalue weighted by Gasteiger charge is 2.20. The lowest BCUT2D eigenvalue weighted by molar-refractivity contribution is 0.429. The number of rotatable bonds is 2. The third kappa shape index (κ3) is 2.11. The van der Waals surface area contributed by atoms with Gasteiger partial charge in [-0.1, -0.05) is 24.3 Å². The van der Waals surface area contributed by atoms with Gasteiger partial charge < -0.3 is 9.64 Å². The van der Waals surface area contributed by atoms with E-state index in [1.54, 1.807) is 0 Å². The van der Waals surface area contributed by atoms with Crippen molar-refractivity contribution in [3.05, 3.63) is 60.0 Å². The fourth-order valence-corrected chi connectivity index (χ4v) is 1.91. The fourth-order valence-electron chi connectivity index (χ4n) is 1.91. The molecule has 2 heteroatoms. The number of likely N-dealkylation sites (N-methyl/N-ethyl adjacent to an activating group) is 1. The molecule has 1 aromatic carbocycles. The number of ether oxygens (including phenoxy) is 1. The average Bonchev–Trinajstić information content (AvgIpc) is 2.34. The number of fused-ring (bicyclic) bond motifs is 1. The normalized spacial score (nSPS) is 15.6. The van der Waals surface area contributed by atoms with Crippen LogP contribution in [0.5, 0.6) is 5.75 Å². The molecule has 88 valence electrons. The number of para-hydroxylation sites is 2. The summed E-state index contributed by atoms with van der Waals surface area (Å²) >= 11 is 0. The first kappa shape index (κ1) is 11.5. The van der Waals surface area contributed by atoms with Gasteiger partial charge in [-0.05, 0) is 38.1 Å². The Bertz CT molecular complexity index is 497. The molecular formula is C15H17NO. The molecule has 0 amide bonds. The first-order valence-electron chi connectivity index (χ1n) is 5.78. The van der Waals surface area contributed by atoms with E-state index in [9.17, 15) is 0 Å². The number of hydrogen-bond acceptors (Lipinski definition) is 2. The van der Waals surface area contributed by atoms with Crippen LogP contribution in [0.25, 0.3) is 0 Å². The molecule has 0 bridgehead atoms. The summed E-state index contributed by atoms with van der Waals surface area (Å²) in [5.74, 6) is 1.78. The minimum Gasteiger partial charge on any atom is -0.453 e. The van der Waals surface area contributed by atoms with E-state index in [-0.39, 0.29) is 0 Å². The molecule has 0 atom stereocenters. The van der Waals surface area contributed by atoms with Crippen molar-refractivity contribution in [2.75, 3.05) is 11.9 Å². The molecule has 0 saturated carbocycles. The van der Waals surface area contributed by atoms with E-state index in [2.05, 4.69) is 24.1 Å². The molecule has 1 heterocycles. The lowest BCUT2D eigenvalue weighted by Gasteiger charge is -2.29. The van der Waals surface area contributed by atoms with Gasteiger partial charge in [-0.3, -0.25) is 0 Å². The second-order valence-electron chi connectivity index (χ2n) is 3.88. The summed E-state index contributed by atoms with van der Waals surface area (Å²) in [7, 11) is 2.06. The maximum absolute atomic E-state index is 5.91. The van der Waals surface area contributed by atoms with E-state index in [1.165, 1.54) is 0 Å². The van der Waals surface area contributed by atoms with E-state index in [0.717, 1.165) is 22.9 Å². The number of anilines is 1. The van der Waals surface area contributed by atoms with Gasteiger partial charge in [0.1, 0.15) is 0 Å². The highest BCUT2D eigenvalue weighted by molar-refractivity contribution is 5.67. The molecule has 1 aromatic rings. The van der Waals surface area contributed by atoms with Crippen molar-refractivity contribution in [2.45, 2.75) is 13.8 Å². The summed E-state index contributed by atoms with van der Waals surface area (Å²) in [6.07, 6.45) is 8.06. The fraction of sp³-hybridized carbons (Fsp3) is 0.200. The Balaban J connectivity index is 2.52. The van der Waals surface area contributed by atoms with Crippen LogP contribution in [0, 0.1) is 0 Å². The molecule has 0 N–H and O–H groups in total. The van der Waals surface area contributed by atoms with Gasteiger partial charge in [0.2, 0.25) is 0 Å². The topological polar surface area (TPSA) is 12.5 Å². The third-order valence-corrected chi connectivity index (χ3v) is 2.70. The summed E-state index contributed by atoms with van der Waals surface area (Å²) in [6.45, 7) is 4.00. The summed E-state index contributed by atoms with van der Waals surface area (Å²) in [4.78, 5) is 2.15. The van der Waals surface area contributed by atoms with Gasteiger partial charge in [0.15, 0.2) is 11.5 Å². The van der Waals surface area contributed by atoms with E-state index in [1.807, 2.05) is 50.3 Å². The van der Waals surface area contributed by atoms with Crippen LogP contribution in [0.1, 0.15) is 13.8 Å². The predicted octanol–water partition coefficient (Wildman–Crippen LogP) is 3.88. The van der Waals surface area contributed by atoms with Crippen molar-refractivity contribution in [3.8, 4) is 5.75 Å². The Morgan fingerprint density at radius 3 is 2.47 bits per heavy atom. The Morgan fingerprint density at radius 2 is 1.76 bits per heavy atom. The average molecular weight is 227 g/mol. The number of hydrogen-bond donors (Lipinski definition) is 0. The molecule has 0 spiro atoms. The van der Waals surface area contributed by atoms with Crippen LogP contribution < -0.4 is 9.64 Å². The van der Waals surface area contributed by atoms with Crippen molar-refractivity contribution in [3.63, 3.8) is 0 Å². The highest BCUT2D eigenvalue weighted by atomic mass is 16.5. The van der Waals surface area contributed by atoms with Crippen molar-refractivity contribution < 1.29 is 4.74 Å². The SMILES string of the molecule is C/C=C\C1=C(/C=C\C)N(C)c2ccccc2O1. The van der Waals surface area contributed by atoms with Gasteiger partial charge >= 0.3 is 0 Å². The third-order valence-electron chi connectivity index (χ3n) is 2.70. The zero-order valence-corrected chi connectivity index (χ0v) is 10.5. The van der Waals surface area contributed by atoms with Crippen LogP contribution in [0.4, 0.5) is 5.69 Å². The van der Waals surface area contributed by atoms with Gasteiger partial charge in [-0.25, -0.2) is 0 Å². The molecule has 0 fully saturated rings. The van der Waals surface area contributed by atoms with Gasteiger partial charge in [-0.2, -0.15) is 0 Å². The summed E-state index contributed by atoms with van der Waals surface area (Å²) in [5.41, 5.74) is 2.16. The number of nitrogens with zero attached hydrogens (tertiary/aromatic N) is 1. The van der Waals surface area contributed by atoms with Gasteiger partial charge in [0, 0.05) is 7.05 Å². The second-order valence-corrected chi connectivity index (χ2v) is 3.88. The molecule has 17 heavy (non-hydrogen) atoms. The first-order chi connectivity index (χ1) is 8.27. The molecule has 2 rings (SSSR count). The standard InChI is InChI=1S/C15H17NO/c1-4-8-12-14(9-5-2)17-15-11-7-6-10-13(15)16(12)3/h4-11H,1-3H3/b8-4-,9-5-. The zero-order valence-electron chi connectivity index (χ0n) is 10.5. The van der Waals surface area contributed by atoms with Crippen LogP contribution in [0.2, 0.25) is 0 Å².